The molecule has 1 aromatic carbocycles. The lowest BCUT2D eigenvalue weighted by molar-refractivity contribution is -0.117. The van der Waals surface area contributed by atoms with E-state index >= 15 is 0 Å². The smallest absolute Gasteiger partial charge is 0.375 e. The van der Waals surface area contributed by atoms with Crippen LogP contribution in [0.25, 0.3) is 0 Å². The van der Waals surface area contributed by atoms with E-state index in [2.05, 4.69) is 10.6 Å². The maximum absolute atomic E-state index is 12.2. The van der Waals surface area contributed by atoms with Gasteiger partial charge in [0.05, 0.1) is 11.4 Å². The Hall–Kier alpha value is -1.72. The van der Waals surface area contributed by atoms with Crippen molar-refractivity contribution in [2.75, 3.05) is 17.2 Å². The lowest BCUT2D eigenvalue weighted by Crippen LogP contribution is -2.22. The molecule has 0 saturated heterocycles. The van der Waals surface area contributed by atoms with E-state index in [1.807, 2.05) is 6.92 Å². The molecule has 1 saturated carbocycles. The van der Waals surface area contributed by atoms with Gasteiger partial charge in [-0.05, 0) is 24.5 Å². The number of rotatable bonds is 4. The zero-order chi connectivity index (χ0) is 14.0. The lowest BCUT2D eigenvalue weighted by Gasteiger charge is -2.14. The van der Waals surface area contributed by atoms with E-state index in [9.17, 15) is 18.0 Å². The van der Waals surface area contributed by atoms with Crippen LogP contribution in [0.1, 0.15) is 13.3 Å². The number of hydrogen-bond donors (Lipinski definition) is 2. The van der Waals surface area contributed by atoms with E-state index in [1.165, 1.54) is 6.07 Å². The number of para-hydroxylation sites is 2. The van der Waals surface area contributed by atoms with Crippen LogP contribution in [0.3, 0.4) is 0 Å². The average Bonchev–Trinajstić information content (AvgIpc) is 3.04. The summed E-state index contributed by atoms with van der Waals surface area (Å²) >= 11 is 0. The van der Waals surface area contributed by atoms with Crippen molar-refractivity contribution >= 4 is 17.3 Å². The molecule has 19 heavy (non-hydrogen) atoms. The molecule has 0 spiro atoms. The maximum atomic E-state index is 12.2. The SMILES string of the molecule is C[C@@H]1C[C@@H]1C(=O)Nc1ccccc1NCC(F)(F)F. The van der Waals surface area contributed by atoms with E-state index in [0.717, 1.165) is 6.42 Å². The molecule has 1 aliphatic rings. The monoisotopic (exact) mass is 272 g/mol. The standard InChI is InChI=1S/C13H15F3N2O/c1-8-6-9(8)12(19)18-11-5-3-2-4-10(11)17-7-13(14,15)16/h2-5,8-9,17H,6-7H2,1H3,(H,18,19)/t8-,9+/m1/s1. The lowest BCUT2D eigenvalue weighted by atomic mass is 10.2. The second kappa shape index (κ2) is 5.11. The highest BCUT2D eigenvalue weighted by atomic mass is 19.4. The van der Waals surface area contributed by atoms with Crippen molar-refractivity contribution < 1.29 is 18.0 Å². The fourth-order valence-corrected chi connectivity index (χ4v) is 1.85. The van der Waals surface area contributed by atoms with E-state index in [0.29, 0.717) is 11.6 Å². The number of anilines is 2. The van der Waals surface area contributed by atoms with Crippen molar-refractivity contribution in [3.63, 3.8) is 0 Å². The van der Waals surface area contributed by atoms with E-state index in [-0.39, 0.29) is 17.5 Å². The number of halogens is 3. The molecule has 6 heteroatoms. The van der Waals surface area contributed by atoms with E-state index < -0.39 is 12.7 Å². The summed E-state index contributed by atoms with van der Waals surface area (Å²) in [6, 6.07) is 6.39. The number of alkyl halides is 3. The van der Waals surface area contributed by atoms with Crippen molar-refractivity contribution in [1.29, 1.82) is 0 Å². The molecule has 0 unspecified atom stereocenters. The predicted octanol–water partition coefficient (Wildman–Crippen LogP) is 3.26. The van der Waals surface area contributed by atoms with Crippen molar-refractivity contribution in [3.05, 3.63) is 24.3 Å². The predicted molar refractivity (Wildman–Crippen MR) is 66.9 cm³/mol. The molecule has 1 amide bonds. The first-order valence-electron chi connectivity index (χ1n) is 6.07. The third-order valence-electron chi connectivity index (χ3n) is 3.11. The van der Waals surface area contributed by atoms with Crippen LogP contribution in [-0.2, 0) is 4.79 Å². The zero-order valence-corrected chi connectivity index (χ0v) is 10.4. The molecule has 0 aromatic heterocycles. The largest absolute Gasteiger partial charge is 0.405 e. The summed E-state index contributed by atoms with van der Waals surface area (Å²) < 4.78 is 36.5. The molecule has 2 rings (SSSR count). The highest BCUT2D eigenvalue weighted by Crippen LogP contribution is 2.39. The van der Waals surface area contributed by atoms with Crippen molar-refractivity contribution in [2.45, 2.75) is 19.5 Å². The topological polar surface area (TPSA) is 41.1 Å². The quantitative estimate of drug-likeness (QED) is 0.883. The molecule has 2 N–H and O–H groups in total. The number of hydrogen-bond acceptors (Lipinski definition) is 2. The van der Waals surface area contributed by atoms with Crippen molar-refractivity contribution in [3.8, 4) is 0 Å². The highest BCUT2D eigenvalue weighted by Gasteiger charge is 2.39. The summed E-state index contributed by atoms with van der Waals surface area (Å²) in [7, 11) is 0. The van der Waals surface area contributed by atoms with Crippen LogP contribution in [0.4, 0.5) is 24.5 Å². The first-order valence-corrected chi connectivity index (χ1v) is 6.07. The molecular weight excluding hydrogens is 257 g/mol. The van der Waals surface area contributed by atoms with Crippen molar-refractivity contribution in [1.82, 2.24) is 0 Å². The molecule has 1 fully saturated rings. The second-order valence-electron chi connectivity index (χ2n) is 4.82. The van der Waals surface area contributed by atoms with Crippen LogP contribution in [0, 0.1) is 11.8 Å². The van der Waals surface area contributed by atoms with E-state index in [1.54, 1.807) is 18.2 Å². The van der Waals surface area contributed by atoms with Crippen LogP contribution in [-0.4, -0.2) is 18.6 Å². The molecule has 1 aromatic rings. The summed E-state index contributed by atoms with van der Waals surface area (Å²) in [5.41, 5.74) is 0.664. The maximum Gasteiger partial charge on any atom is 0.405 e. The number of benzene rings is 1. The Bertz CT molecular complexity index is 473. The molecule has 0 bridgehead atoms. The Labute approximate surface area is 109 Å². The average molecular weight is 272 g/mol. The fraction of sp³-hybridized carbons (Fsp3) is 0.462. The summed E-state index contributed by atoms with van der Waals surface area (Å²) in [6.45, 7) is 0.845. The third-order valence-corrected chi connectivity index (χ3v) is 3.11. The summed E-state index contributed by atoms with van der Waals surface area (Å²) in [5.74, 6) is 0.208. The Morgan fingerprint density at radius 2 is 1.89 bits per heavy atom. The van der Waals surface area contributed by atoms with E-state index in [4.69, 9.17) is 0 Å². The Morgan fingerprint density at radius 1 is 1.32 bits per heavy atom. The minimum atomic E-state index is -4.29. The molecule has 1 aliphatic carbocycles. The van der Waals surface area contributed by atoms with Gasteiger partial charge in [-0.2, -0.15) is 13.2 Å². The minimum absolute atomic E-state index is 0.0179. The van der Waals surface area contributed by atoms with Crippen LogP contribution in [0.2, 0.25) is 0 Å². The molecule has 0 aliphatic heterocycles. The van der Waals surface area contributed by atoms with Gasteiger partial charge in [-0.3, -0.25) is 4.79 Å². The summed E-state index contributed by atoms with van der Waals surface area (Å²) in [4.78, 5) is 11.8. The van der Waals surface area contributed by atoms with Gasteiger partial charge >= 0.3 is 6.18 Å². The van der Waals surface area contributed by atoms with Crippen LogP contribution < -0.4 is 10.6 Å². The second-order valence-corrected chi connectivity index (χ2v) is 4.82. The van der Waals surface area contributed by atoms with Gasteiger partial charge in [-0.1, -0.05) is 19.1 Å². The van der Waals surface area contributed by atoms with Gasteiger partial charge in [-0.25, -0.2) is 0 Å². The van der Waals surface area contributed by atoms with Crippen LogP contribution in [0.15, 0.2) is 24.3 Å². The van der Waals surface area contributed by atoms with Gasteiger partial charge in [0.15, 0.2) is 0 Å². The van der Waals surface area contributed by atoms with Gasteiger partial charge in [0, 0.05) is 5.92 Å². The third kappa shape index (κ3) is 3.87. The minimum Gasteiger partial charge on any atom is -0.375 e. The van der Waals surface area contributed by atoms with Crippen LogP contribution >= 0.6 is 0 Å². The number of carbonyl (C=O) groups is 1. The Balaban J connectivity index is 2.01. The van der Waals surface area contributed by atoms with Crippen LogP contribution in [0.5, 0.6) is 0 Å². The Morgan fingerprint density at radius 3 is 2.42 bits per heavy atom. The Kier molecular flexibility index (Phi) is 3.68. The first kappa shape index (κ1) is 13.7. The molecule has 0 heterocycles. The van der Waals surface area contributed by atoms with Crippen molar-refractivity contribution in [2.24, 2.45) is 11.8 Å². The fourth-order valence-electron chi connectivity index (χ4n) is 1.85. The van der Waals surface area contributed by atoms with Gasteiger partial charge in [0.2, 0.25) is 5.91 Å². The summed E-state index contributed by atoms with van der Waals surface area (Å²) in [5, 5.41) is 4.96. The van der Waals surface area contributed by atoms with Gasteiger partial charge in [0.1, 0.15) is 6.54 Å². The van der Waals surface area contributed by atoms with Gasteiger partial charge in [-0.15, -0.1) is 0 Å². The molecule has 2 atom stereocenters. The van der Waals surface area contributed by atoms with Gasteiger partial charge in [0.25, 0.3) is 0 Å². The molecule has 3 nitrogen and oxygen atoms in total. The molecular formula is C13H15F3N2O. The molecule has 0 radical (unpaired) electrons. The number of carbonyl (C=O) groups excluding carboxylic acids is 1. The molecule has 104 valence electrons. The number of nitrogens with one attached hydrogen (secondary N) is 2. The number of amides is 1. The van der Waals surface area contributed by atoms with Gasteiger partial charge < -0.3 is 10.6 Å². The normalized spacial score (nSPS) is 21.9. The zero-order valence-electron chi connectivity index (χ0n) is 10.4. The summed E-state index contributed by atoms with van der Waals surface area (Å²) in [6.07, 6.45) is -3.45. The first-order chi connectivity index (χ1) is 8.87. The highest BCUT2D eigenvalue weighted by molar-refractivity contribution is 5.97.